The zero-order valence-corrected chi connectivity index (χ0v) is 17.6. The number of nitrogens with one attached hydrogen (secondary N) is 1. The van der Waals surface area contributed by atoms with Crippen LogP contribution in [0.4, 0.5) is 10.9 Å². The van der Waals surface area contributed by atoms with Crippen molar-refractivity contribution in [1.82, 2.24) is 4.98 Å². The summed E-state index contributed by atoms with van der Waals surface area (Å²) >= 11 is 3.17. The van der Waals surface area contributed by atoms with E-state index in [9.17, 15) is 14.9 Å². The minimum atomic E-state index is -0.658. The third-order valence-corrected chi connectivity index (χ3v) is 7.47. The lowest BCUT2D eigenvalue weighted by Crippen LogP contribution is -2.11. The van der Waals surface area contributed by atoms with Gasteiger partial charge in [0.05, 0.1) is 16.3 Å². The highest BCUT2D eigenvalue weighted by molar-refractivity contribution is 7.23. The summed E-state index contributed by atoms with van der Waals surface area (Å²) in [7, 11) is 0. The number of thiazole rings is 1. The fourth-order valence-electron chi connectivity index (χ4n) is 3.76. The zero-order chi connectivity index (χ0) is 20.8. The molecule has 0 aliphatic heterocycles. The standard InChI is InChI=1S/C21H17N3O4S2/c1-11-6-7-12-16(10-11)30-21(23-19(25)14-8-9-17(28-14)24(26)27)18(12)20-22-13-4-2-3-5-15(13)29-20/h2-5,8-9,11H,6-7,10H2,1H3,(H,23,25)/t11-/m1/s1. The molecule has 7 nitrogen and oxygen atoms in total. The van der Waals surface area contributed by atoms with Crippen LogP contribution in [-0.2, 0) is 12.8 Å². The number of fused-ring (bicyclic) bond motifs is 2. The molecule has 0 spiro atoms. The number of benzene rings is 1. The molecule has 0 bridgehead atoms. The van der Waals surface area contributed by atoms with Gasteiger partial charge in [-0.1, -0.05) is 19.1 Å². The second-order valence-electron chi connectivity index (χ2n) is 7.39. The van der Waals surface area contributed by atoms with E-state index >= 15 is 0 Å². The first kappa shape index (κ1) is 19.0. The largest absolute Gasteiger partial charge is 0.433 e. The summed E-state index contributed by atoms with van der Waals surface area (Å²) in [6, 6.07) is 10.5. The molecule has 3 heterocycles. The molecular weight excluding hydrogens is 422 g/mol. The maximum atomic E-state index is 12.7. The van der Waals surface area contributed by atoms with E-state index in [1.54, 1.807) is 22.7 Å². The zero-order valence-electron chi connectivity index (χ0n) is 16.0. The van der Waals surface area contributed by atoms with Gasteiger partial charge in [0, 0.05) is 10.4 Å². The molecule has 0 unspecified atom stereocenters. The topological polar surface area (TPSA) is 98.3 Å². The van der Waals surface area contributed by atoms with Crippen LogP contribution in [0.15, 0.2) is 40.8 Å². The molecule has 0 saturated heterocycles. The first-order chi connectivity index (χ1) is 14.5. The van der Waals surface area contributed by atoms with Crippen molar-refractivity contribution in [2.45, 2.75) is 26.2 Å². The number of para-hydroxylation sites is 1. The Balaban J connectivity index is 1.57. The van der Waals surface area contributed by atoms with E-state index in [-0.39, 0.29) is 5.76 Å². The van der Waals surface area contributed by atoms with Gasteiger partial charge >= 0.3 is 5.88 Å². The summed E-state index contributed by atoms with van der Waals surface area (Å²) in [5.41, 5.74) is 3.15. The van der Waals surface area contributed by atoms with Gasteiger partial charge in [-0.15, -0.1) is 22.7 Å². The van der Waals surface area contributed by atoms with Gasteiger partial charge < -0.3 is 9.73 Å². The van der Waals surface area contributed by atoms with Gasteiger partial charge in [0.1, 0.15) is 14.9 Å². The number of hydrogen-bond donors (Lipinski definition) is 1. The van der Waals surface area contributed by atoms with Crippen molar-refractivity contribution in [1.29, 1.82) is 0 Å². The van der Waals surface area contributed by atoms with Crippen molar-refractivity contribution in [2.75, 3.05) is 5.32 Å². The number of rotatable bonds is 4. The Bertz CT molecular complexity index is 1250. The maximum absolute atomic E-state index is 12.7. The number of amides is 1. The maximum Gasteiger partial charge on any atom is 0.433 e. The van der Waals surface area contributed by atoms with E-state index in [0.29, 0.717) is 5.92 Å². The number of carbonyl (C=O) groups excluding carboxylic acids is 1. The van der Waals surface area contributed by atoms with Crippen LogP contribution in [0.1, 0.15) is 34.3 Å². The van der Waals surface area contributed by atoms with Gasteiger partial charge in [0.25, 0.3) is 5.91 Å². The Kier molecular flexibility index (Phi) is 4.63. The lowest BCUT2D eigenvalue weighted by atomic mass is 9.88. The number of anilines is 1. The number of aromatic nitrogens is 1. The van der Waals surface area contributed by atoms with Crippen LogP contribution in [0.25, 0.3) is 20.8 Å². The molecule has 1 amide bonds. The summed E-state index contributed by atoms with van der Waals surface area (Å²) in [4.78, 5) is 29.0. The molecular formula is C21H17N3O4S2. The first-order valence-electron chi connectivity index (χ1n) is 9.55. The summed E-state index contributed by atoms with van der Waals surface area (Å²) in [5.74, 6) is -0.449. The predicted molar refractivity (Wildman–Crippen MR) is 117 cm³/mol. The molecule has 1 aliphatic rings. The molecule has 1 aromatic carbocycles. The molecule has 1 N–H and O–H groups in total. The molecule has 30 heavy (non-hydrogen) atoms. The van der Waals surface area contributed by atoms with Crippen molar-refractivity contribution in [3.63, 3.8) is 0 Å². The SMILES string of the molecule is C[C@@H]1CCc2c(sc(NC(=O)c3ccc([N+](=O)[O-])o3)c2-c2nc3ccccc3s2)C1. The van der Waals surface area contributed by atoms with Gasteiger partial charge in [0.2, 0.25) is 0 Å². The van der Waals surface area contributed by atoms with Crippen LogP contribution >= 0.6 is 22.7 Å². The van der Waals surface area contributed by atoms with Crippen molar-refractivity contribution in [3.05, 3.63) is 62.7 Å². The lowest BCUT2D eigenvalue weighted by Gasteiger charge is -2.18. The predicted octanol–water partition coefficient (Wildman–Crippen LogP) is 5.90. The Morgan fingerprint density at radius 1 is 1.27 bits per heavy atom. The van der Waals surface area contributed by atoms with Crippen LogP contribution in [0, 0.1) is 16.0 Å². The summed E-state index contributed by atoms with van der Waals surface area (Å²) in [6.45, 7) is 2.24. The molecule has 0 fully saturated rings. The molecule has 4 aromatic rings. The van der Waals surface area contributed by atoms with Crippen LogP contribution < -0.4 is 5.32 Å². The van der Waals surface area contributed by atoms with Crippen molar-refractivity contribution >= 4 is 49.7 Å². The summed E-state index contributed by atoms with van der Waals surface area (Å²) < 4.78 is 6.17. The Hall–Kier alpha value is -3.04. The normalized spacial score (nSPS) is 15.8. The molecule has 5 rings (SSSR count). The van der Waals surface area contributed by atoms with Gasteiger partial charge in [0.15, 0.2) is 5.76 Å². The van der Waals surface area contributed by atoms with E-state index in [1.807, 2.05) is 24.3 Å². The summed E-state index contributed by atoms with van der Waals surface area (Å²) in [6.07, 6.45) is 3.01. The average Bonchev–Trinajstić information content (AvgIpc) is 3.43. The van der Waals surface area contributed by atoms with E-state index in [0.717, 1.165) is 45.1 Å². The Morgan fingerprint density at radius 2 is 2.10 bits per heavy atom. The van der Waals surface area contributed by atoms with E-state index in [4.69, 9.17) is 9.40 Å². The fraction of sp³-hybridized carbons (Fsp3) is 0.238. The monoisotopic (exact) mass is 439 g/mol. The quantitative estimate of drug-likeness (QED) is 0.315. The number of carbonyl (C=O) groups is 1. The molecule has 9 heteroatoms. The van der Waals surface area contributed by atoms with Crippen LogP contribution in [0.5, 0.6) is 0 Å². The molecule has 1 atom stereocenters. The van der Waals surface area contributed by atoms with E-state index in [1.165, 1.54) is 22.6 Å². The second kappa shape index (κ2) is 7.33. The highest BCUT2D eigenvalue weighted by atomic mass is 32.1. The smallest absolute Gasteiger partial charge is 0.395 e. The van der Waals surface area contributed by atoms with Gasteiger partial charge in [-0.05, 0) is 48.9 Å². The van der Waals surface area contributed by atoms with Crippen molar-refractivity contribution in [2.24, 2.45) is 5.92 Å². The average molecular weight is 440 g/mol. The molecule has 152 valence electrons. The van der Waals surface area contributed by atoms with Crippen molar-refractivity contribution < 1.29 is 14.1 Å². The van der Waals surface area contributed by atoms with Crippen LogP contribution in [-0.4, -0.2) is 15.8 Å². The minimum absolute atomic E-state index is 0.0864. The first-order valence-corrected chi connectivity index (χ1v) is 11.2. The molecule has 0 saturated carbocycles. The number of nitro groups is 1. The molecule has 1 aliphatic carbocycles. The van der Waals surface area contributed by atoms with Crippen LogP contribution in [0.3, 0.4) is 0 Å². The molecule has 0 radical (unpaired) electrons. The number of thiophene rings is 1. The van der Waals surface area contributed by atoms with Crippen molar-refractivity contribution in [3.8, 4) is 10.6 Å². The number of nitrogens with zero attached hydrogens (tertiary/aromatic N) is 2. The lowest BCUT2D eigenvalue weighted by molar-refractivity contribution is -0.402. The van der Waals surface area contributed by atoms with Gasteiger partial charge in [-0.2, -0.15) is 0 Å². The third kappa shape index (κ3) is 3.29. The van der Waals surface area contributed by atoms with Crippen LogP contribution in [0.2, 0.25) is 0 Å². The number of hydrogen-bond acceptors (Lipinski definition) is 7. The third-order valence-electron chi connectivity index (χ3n) is 5.24. The highest BCUT2D eigenvalue weighted by Crippen LogP contribution is 2.47. The fourth-order valence-corrected chi connectivity index (χ4v) is 6.27. The Morgan fingerprint density at radius 3 is 2.87 bits per heavy atom. The highest BCUT2D eigenvalue weighted by Gasteiger charge is 2.28. The Labute approximate surface area is 179 Å². The van der Waals surface area contributed by atoms with E-state index in [2.05, 4.69) is 12.2 Å². The minimum Gasteiger partial charge on any atom is -0.395 e. The summed E-state index contributed by atoms with van der Waals surface area (Å²) in [5, 5.41) is 15.4. The second-order valence-corrected chi connectivity index (χ2v) is 9.53. The molecule has 3 aromatic heterocycles. The van der Waals surface area contributed by atoms with Gasteiger partial charge in [-0.25, -0.2) is 4.98 Å². The van der Waals surface area contributed by atoms with Gasteiger partial charge in [-0.3, -0.25) is 14.9 Å². The number of furan rings is 1. The van der Waals surface area contributed by atoms with E-state index < -0.39 is 16.7 Å².